The molecule has 2 saturated heterocycles. The van der Waals surface area contributed by atoms with Gasteiger partial charge in [-0.25, -0.2) is 0 Å². The molecule has 2 aliphatic heterocycles. The fourth-order valence-electron chi connectivity index (χ4n) is 3.04. The minimum absolute atomic E-state index is 0.493. The molecule has 0 atom stereocenters. The Morgan fingerprint density at radius 3 is 2.40 bits per heavy atom. The maximum atomic E-state index is 3.96. The van der Waals surface area contributed by atoms with Crippen LogP contribution in [0, 0.1) is 0 Å². The van der Waals surface area contributed by atoms with Crippen LogP contribution >= 0.6 is 11.8 Å². The Morgan fingerprint density at radius 2 is 1.80 bits per heavy atom. The van der Waals surface area contributed by atoms with Crippen LogP contribution in [0.2, 0.25) is 0 Å². The number of rotatable bonds is 3. The second-order valence-corrected chi connectivity index (χ2v) is 6.10. The summed E-state index contributed by atoms with van der Waals surface area (Å²) >= 11 is 2.13. The monoisotopic (exact) mass is 225 g/mol. The summed E-state index contributed by atoms with van der Waals surface area (Å²) in [7, 11) is 0. The van der Waals surface area contributed by atoms with Gasteiger partial charge in [-0.3, -0.25) is 4.90 Å². The fraction of sp³-hybridized carbons (Fsp3) is 0.846. The maximum absolute atomic E-state index is 3.96. The van der Waals surface area contributed by atoms with E-state index in [-0.39, 0.29) is 0 Å². The Balaban J connectivity index is 2.04. The van der Waals surface area contributed by atoms with E-state index in [1.807, 2.05) is 0 Å². The molecule has 15 heavy (non-hydrogen) atoms. The quantitative estimate of drug-likeness (QED) is 0.678. The van der Waals surface area contributed by atoms with Crippen molar-refractivity contribution in [3.63, 3.8) is 0 Å². The van der Waals surface area contributed by atoms with Crippen molar-refractivity contribution in [2.45, 2.75) is 44.1 Å². The number of thioether (sulfide) groups is 1. The molecular formula is C13H23NS. The number of hydrogen-bond acceptors (Lipinski definition) is 2. The summed E-state index contributed by atoms with van der Waals surface area (Å²) in [6, 6.07) is 0. The summed E-state index contributed by atoms with van der Waals surface area (Å²) in [6.07, 6.45) is 10.4. The second-order valence-electron chi connectivity index (χ2n) is 4.88. The summed E-state index contributed by atoms with van der Waals surface area (Å²) in [6.45, 7) is 6.62. The molecule has 0 unspecified atom stereocenters. The lowest BCUT2D eigenvalue weighted by atomic mass is 9.85. The maximum Gasteiger partial charge on any atom is 0.0259 e. The molecule has 2 fully saturated rings. The molecule has 0 aromatic carbocycles. The highest BCUT2D eigenvalue weighted by molar-refractivity contribution is 7.99. The number of hydrogen-bond donors (Lipinski definition) is 0. The average molecular weight is 225 g/mol. The van der Waals surface area contributed by atoms with Gasteiger partial charge < -0.3 is 0 Å². The Hall–Kier alpha value is 0.0500. The van der Waals surface area contributed by atoms with Gasteiger partial charge in [-0.1, -0.05) is 12.5 Å². The third kappa shape index (κ3) is 2.59. The number of nitrogens with zero attached hydrogens (tertiary/aromatic N) is 1. The molecule has 2 heterocycles. The van der Waals surface area contributed by atoms with Crippen molar-refractivity contribution in [3.8, 4) is 0 Å². The number of piperidine rings is 1. The van der Waals surface area contributed by atoms with Gasteiger partial charge in [0.15, 0.2) is 0 Å². The molecule has 0 amide bonds. The molecule has 0 aromatic rings. The average Bonchev–Trinajstić information content (AvgIpc) is 2.32. The fourth-order valence-corrected chi connectivity index (χ4v) is 4.29. The first-order valence-electron chi connectivity index (χ1n) is 6.31. The van der Waals surface area contributed by atoms with Crippen molar-refractivity contribution < 1.29 is 0 Å². The predicted octanol–water partition coefficient (Wildman–Crippen LogP) is 3.31. The van der Waals surface area contributed by atoms with E-state index in [1.165, 1.54) is 63.1 Å². The first-order chi connectivity index (χ1) is 7.37. The Morgan fingerprint density at radius 1 is 1.13 bits per heavy atom. The third-order valence-electron chi connectivity index (χ3n) is 3.97. The molecule has 2 heteroatoms. The highest BCUT2D eigenvalue weighted by Gasteiger charge is 2.37. The van der Waals surface area contributed by atoms with E-state index in [4.69, 9.17) is 0 Å². The van der Waals surface area contributed by atoms with Gasteiger partial charge in [-0.15, -0.1) is 6.58 Å². The summed E-state index contributed by atoms with van der Waals surface area (Å²) < 4.78 is 0. The van der Waals surface area contributed by atoms with Crippen LogP contribution in [0.4, 0.5) is 0 Å². The van der Waals surface area contributed by atoms with Crippen LogP contribution in [-0.4, -0.2) is 35.0 Å². The predicted molar refractivity (Wildman–Crippen MR) is 69.5 cm³/mol. The molecular weight excluding hydrogens is 202 g/mol. The highest BCUT2D eigenvalue weighted by Crippen LogP contribution is 2.37. The molecule has 0 spiro atoms. The first-order valence-corrected chi connectivity index (χ1v) is 7.47. The Labute approximate surface area is 98.3 Å². The third-order valence-corrected chi connectivity index (χ3v) is 4.96. The molecule has 0 aliphatic carbocycles. The lowest BCUT2D eigenvalue weighted by Gasteiger charge is -2.47. The molecule has 0 aromatic heterocycles. The Kier molecular flexibility index (Phi) is 4.15. The minimum atomic E-state index is 0.493. The zero-order valence-corrected chi connectivity index (χ0v) is 10.5. The van der Waals surface area contributed by atoms with Crippen LogP contribution in [0.3, 0.4) is 0 Å². The molecule has 1 nitrogen and oxygen atoms in total. The van der Waals surface area contributed by atoms with E-state index in [0.717, 1.165) is 0 Å². The first kappa shape index (κ1) is 11.5. The van der Waals surface area contributed by atoms with Crippen molar-refractivity contribution in [2.75, 3.05) is 24.6 Å². The van der Waals surface area contributed by atoms with E-state index in [9.17, 15) is 0 Å². The Bertz CT molecular complexity index is 203. The van der Waals surface area contributed by atoms with Crippen molar-refractivity contribution in [2.24, 2.45) is 0 Å². The van der Waals surface area contributed by atoms with Crippen LogP contribution < -0.4 is 0 Å². The van der Waals surface area contributed by atoms with Crippen LogP contribution in [0.1, 0.15) is 38.5 Å². The summed E-state index contributed by atoms with van der Waals surface area (Å²) in [5, 5.41) is 0. The summed E-state index contributed by atoms with van der Waals surface area (Å²) in [4.78, 5) is 2.78. The van der Waals surface area contributed by atoms with Gasteiger partial charge in [0.25, 0.3) is 0 Å². The molecule has 0 N–H and O–H groups in total. The zero-order valence-electron chi connectivity index (χ0n) is 9.71. The van der Waals surface area contributed by atoms with E-state index in [1.54, 1.807) is 0 Å². The van der Waals surface area contributed by atoms with E-state index in [0.29, 0.717) is 5.54 Å². The summed E-state index contributed by atoms with van der Waals surface area (Å²) in [5.41, 5.74) is 0.493. The largest absolute Gasteiger partial charge is 0.297 e. The second kappa shape index (κ2) is 5.40. The number of likely N-dealkylation sites (tertiary alicyclic amines) is 1. The van der Waals surface area contributed by atoms with Gasteiger partial charge in [-0.05, 0) is 56.7 Å². The van der Waals surface area contributed by atoms with Crippen LogP contribution in [0.25, 0.3) is 0 Å². The molecule has 0 bridgehead atoms. The van der Waals surface area contributed by atoms with Gasteiger partial charge in [0.1, 0.15) is 0 Å². The van der Waals surface area contributed by atoms with Crippen LogP contribution in [-0.2, 0) is 0 Å². The smallest absolute Gasteiger partial charge is 0.0259 e. The standard InChI is InChI=1S/C13H23NS/c1-2-6-13(7-11-15-12-8-13)14-9-4-3-5-10-14/h2H,1,3-12H2. The summed E-state index contributed by atoms with van der Waals surface area (Å²) in [5.74, 6) is 2.70. The van der Waals surface area contributed by atoms with E-state index in [2.05, 4.69) is 29.3 Å². The normalized spacial score (nSPS) is 27.5. The van der Waals surface area contributed by atoms with Gasteiger partial charge in [0.05, 0.1) is 0 Å². The zero-order chi connectivity index (χ0) is 10.6. The van der Waals surface area contributed by atoms with Crippen molar-refractivity contribution >= 4 is 11.8 Å². The highest BCUT2D eigenvalue weighted by atomic mass is 32.2. The SMILES string of the molecule is C=CCC1(N2CCCCC2)CCSCC1. The van der Waals surface area contributed by atoms with Crippen molar-refractivity contribution in [1.29, 1.82) is 0 Å². The van der Waals surface area contributed by atoms with Crippen LogP contribution in [0.5, 0.6) is 0 Å². The van der Waals surface area contributed by atoms with Crippen molar-refractivity contribution in [3.05, 3.63) is 12.7 Å². The van der Waals surface area contributed by atoms with E-state index < -0.39 is 0 Å². The lowest BCUT2D eigenvalue weighted by Crippen LogP contribution is -2.52. The van der Waals surface area contributed by atoms with E-state index >= 15 is 0 Å². The minimum Gasteiger partial charge on any atom is -0.297 e. The molecule has 0 saturated carbocycles. The van der Waals surface area contributed by atoms with Gasteiger partial charge in [-0.2, -0.15) is 11.8 Å². The van der Waals surface area contributed by atoms with Gasteiger partial charge >= 0.3 is 0 Å². The van der Waals surface area contributed by atoms with Gasteiger partial charge in [0, 0.05) is 5.54 Å². The lowest BCUT2D eigenvalue weighted by molar-refractivity contribution is 0.0600. The molecule has 2 rings (SSSR count). The van der Waals surface area contributed by atoms with Crippen LogP contribution in [0.15, 0.2) is 12.7 Å². The van der Waals surface area contributed by atoms with Gasteiger partial charge in [0.2, 0.25) is 0 Å². The van der Waals surface area contributed by atoms with Crippen molar-refractivity contribution in [1.82, 2.24) is 4.90 Å². The molecule has 2 aliphatic rings. The molecule has 0 radical (unpaired) electrons. The topological polar surface area (TPSA) is 3.24 Å². The molecule has 86 valence electrons.